The lowest BCUT2D eigenvalue weighted by Gasteiger charge is -2.15. The standard InChI is InChI=1S/C18H17F3O5/c1-11(10-24-2)25-15-7-12(17(22)23)8-16(9-15)26-14-5-3-13(4-6-14)18(19,20)21/h3-9,11H,10H2,1-2H3,(H,22,23)/t11-/m0/s1. The monoisotopic (exact) mass is 370 g/mol. The van der Waals surface area contributed by atoms with Crippen LogP contribution in [0.5, 0.6) is 17.2 Å². The summed E-state index contributed by atoms with van der Waals surface area (Å²) in [6, 6.07) is 8.12. The number of aromatic carboxylic acids is 1. The van der Waals surface area contributed by atoms with Gasteiger partial charge in [0.25, 0.3) is 0 Å². The minimum absolute atomic E-state index is 0.0750. The number of hydrogen-bond donors (Lipinski definition) is 1. The Morgan fingerprint density at radius 1 is 1.08 bits per heavy atom. The van der Waals surface area contributed by atoms with Gasteiger partial charge in [0.15, 0.2) is 0 Å². The summed E-state index contributed by atoms with van der Waals surface area (Å²) in [5, 5.41) is 9.20. The van der Waals surface area contributed by atoms with Gasteiger partial charge in [0.05, 0.1) is 17.7 Å². The number of ether oxygens (including phenoxy) is 3. The van der Waals surface area contributed by atoms with Crippen LogP contribution in [-0.2, 0) is 10.9 Å². The fourth-order valence-corrected chi connectivity index (χ4v) is 2.17. The third-order valence-corrected chi connectivity index (χ3v) is 3.28. The highest BCUT2D eigenvalue weighted by Crippen LogP contribution is 2.32. The van der Waals surface area contributed by atoms with Crippen molar-refractivity contribution in [1.29, 1.82) is 0 Å². The highest BCUT2D eigenvalue weighted by atomic mass is 19.4. The fraction of sp³-hybridized carbons (Fsp3) is 0.278. The summed E-state index contributed by atoms with van der Waals surface area (Å²) in [6.07, 6.45) is -4.77. The van der Waals surface area contributed by atoms with Crippen LogP contribution in [0, 0.1) is 0 Å². The number of halogens is 3. The van der Waals surface area contributed by atoms with Crippen LogP contribution in [-0.4, -0.2) is 30.9 Å². The number of benzene rings is 2. The predicted octanol–water partition coefficient (Wildman–Crippen LogP) is 4.61. The Morgan fingerprint density at radius 3 is 2.23 bits per heavy atom. The van der Waals surface area contributed by atoms with Gasteiger partial charge in [-0.2, -0.15) is 13.2 Å². The third-order valence-electron chi connectivity index (χ3n) is 3.28. The summed E-state index contributed by atoms with van der Waals surface area (Å²) in [5.74, 6) is -0.677. The Hall–Kier alpha value is -2.74. The van der Waals surface area contributed by atoms with E-state index in [0.29, 0.717) is 6.61 Å². The van der Waals surface area contributed by atoms with E-state index in [1.165, 1.54) is 25.3 Å². The van der Waals surface area contributed by atoms with E-state index in [0.717, 1.165) is 24.3 Å². The molecule has 2 rings (SSSR count). The maximum atomic E-state index is 12.6. The van der Waals surface area contributed by atoms with Crippen molar-refractivity contribution in [2.45, 2.75) is 19.2 Å². The molecule has 2 aromatic rings. The van der Waals surface area contributed by atoms with Crippen LogP contribution in [0.15, 0.2) is 42.5 Å². The van der Waals surface area contributed by atoms with Gasteiger partial charge in [-0.1, -0.05) is 0 Å². The van der Waals surface area contributed by atoms with Gasteiger partial charge in [-0.3, -0.25) is 0 Å². The second-order valence-electron chi connectivity index (χ2n) is 5.51. The largest absolute Gasteiger partial charge is 0.488 e. The van der Waals surface area contributed by atoms with Crippen molar-refractivity contribution in [2.75, 3.05) is 13.7 Å². The Bertz CT molecular complexity index is 756. The van der Waals surface area contributed by atoms with Gasteiger partial charge in [-0.05, 0) is 43.3 Å². The molecule has 0 heterocycles. The Kier molecular flexibility index (Phi) is 6.10. The van der Waals surface area contributed by atoms with Crippen molar-refractivity contribution < 1.29 is 37.3 Å². The minimum atomic E-state index is -4.44. The third kappa shape index (κ3) is 5.38. The molecule has 0 saturated carbocycles. The average molecular weight is 370 g/mol. The normalized spacial score (nSPS) is 12.5. The molecular weight excluding hydrogens is 353 g/mol. The number of methoxy groups -OCH3 is 1. The average Bonchev–Trinajstić information content (AvgIpc) is 2.54. The lowest BCUT2D eigenvalue weighted by Crippen LogP contribution is -2.18. The molecule has 8 heteroatoms. The van der Waals surface area contributed by atoms with Gasteiger partial charge in [0.1, 0.15) is 23.4 Å². The molecule has 1 atom stereocenters. The second-order valence-corrected chi connectivity index (χ2v) is 5.51. The molecule has 26 heavy (non-hydrogen) atoms. The van der Waals surface area contributed by atoms with Crippen molar-refractivity contribution in [1.82, 2.24) is 0 Å². The molecule has 0 unspecified atom stereocenters. The van der Waals surface area contributed by atoms with Crippen LogP contribution in [0.2, 0.25) is 0 Å². The first-order chi connectivity index (χ1) is 12.2. The summed E-state index contributed by atoms with van der Waals surface area (Å²) in [4.78, 5) is 11.3. The molecule has 0 bridgehead atoms. The number of carboxylic acid groups (broad SMARTS) is 1. The highest BCUT2D eigenvalue weighted by Gasteiger charge is 2.30. The van der Waals surface area contributed by atoms with Crippen molar-refractivity contribution in [2.24, 2.45) is 0 Å². The van der Waals surface area contributed by atoms with Gasteiger partial charge < -0.3 is 19.3 Å². The zero-order valence-corrected chi connectivity index (χ0v) is 14.0. The molecule has 0 aromatic heterocycles. The first kappa shape index (κ1) is 19.6. The van der Waals surface area contributed by atoms with Gasteiger partial charge in [0.2, 0.25) is 0 Å². The van der Waals surface area contributed by atoms with Crippen LogP contribution in [0.4, 0.5) is 13.2 Å². The first-order valence-electron chi connectivity index (χ1n) is 7.58. The van der Waals surface area contributed by atoms with Crippen LogP contribution in [0.1, 0.15) is 22.8 Å². The summed E-state index contributed by atoms with van der Waals surface area (Å²) < 4.78 is 53.8. The molecular formula is C18H17F3O5. The van der Waals surface area contributed by atoms with Crippen molar-refractivity contribution in [3.8, 4) is 17.2 Å². The van der Waals surface area contributed by atoms with Crippen molar-refractivity contribution >= 4 is 5.97 Å². The van der Waals surface area contributed by atoms with E-state index in [9.17, 15) is 23.1 Å². The SMILES string of the molecule is COC[C@H](C)Oc1cc(Oc2ccc(C(F)(F)F)cc2)cc(C(=O)O)c1. The minimum Gasteiger partial charge on any atom is -0.488 e. The lowest BCUT2D eigenvalue weighted by molar-refractivity contribution is -0.137. The highest BCUT2D eigenvalue weighted by molar-refractivity contribution is 5.88. The fourth-order valence-electron chi connectivity index (χ4n) is 2.17. The zero-order valence-electron chi connectivity index (χ0n) is 14.0. The molecule has 5 nitrogen and oxygen atoms in total. The summed E-state index contributed by atoms with van der Waals surface area (Å²) in [6.45, 7) is 2.04. The second kappa shape index (κ2) is 8.09. The summed E-state index contributed by atoms with van der Waals surface area (Å²) >= 11 is 0. The van der Waals surface area contributed by atoms with E-state index in [1.807, 2.05) is 0 Å². The lowest BCUT2D eigenvalue weighted by atomic mass is 10.2. The molecule has 2 aromatic carbocycles. The molecule has 0 saturated heterocycles. The van der Waals surface area contributed by atoms with Crippen LogP contribution in [0.25, 0.3) is 0 Å². The van der Waals surface area contributed by atoms with Gasteiger partial charge >= 0.3 is 12.1 Å². The molecule has 0 aliphatic heterocycles. The summed E-state index contributed by atoms with van der Waals surface area (Å²) in [7, 11) is 1.51. The smallest absolute Gasteiger partial charge is 0.416 e. The maximum absolute atomic E-state index is 12.6. The number of alkyl halides is 3. The van der Waals surface area contributed by atoms with E-state index >= 15 is 0 Å². The summed E-state index contributed by atoms with van der Waals surface area (Å²) in [5.41, 5.74) is -0.879. The Morgan fingerprint density at radius 2 is 1.69 bits per heavy atom. The van der Waals surface area contributed by atoms with E-state index in [2.05, 4.69) is 0 Å². The van der Waals surface area contributed by atoms with Crippen LogP contribution in [0.3, 0.4) is 0 Å². The number of rotatable bonds is 7. The van der Waals surface area contributed by atoms with Gasteiger partial charge in [-0.15, -0.1) is 0 Å². The van der Waals surface area contributed by atoms with E-state index in [1.54, 1.807) is 6.92 Å². The number of hydrogen-bond acceptors (Lipinski definition) is 4. The van der Waals surface area contributed by atoms with Crippen molar-refractivity contribution in [3.05, 3.63) is 53.6 Å². The molecule has 0 amide bonds. The van der Waals surface area contributed by atoms with Gasteiger partial charge in [-0.25, -0.2) is 4.79 Å². The molecule has 0 spiro atoms. The van der Waals surface area contributed by atoms with Gasteiger partial charge in [0, 0.05) is 13.2 Å². The van der Waals surface area contributed by atoms with Crippen molar-refractivity contribution in [3.63, 3.8) is 0 Å². The Labute approximate surface area is 147 Å². The quantitative estimate of drug-likeness (QED) is 0.771. The molecule has 1 N–H and O–H groups in total. The maximum Gasteiger partial charge on any atom is 0.416 e. The van der Waals surface area contributed by atoms with Crippen LogP contribution < -0.4 is 9.47 Å². The van der Waals surface area contributed by atoms with E-state index in [4.69, 9.17) is 14.2 Å². The topological polar surface area (TPSA) is 65.0 Å². The van der Waals surface area contributed by atoms with E-state index in [-0.39, 0.29) is 28.9 Å². The zero-order chi connectivity index (χ0) is 19.3. The first-order valence-corrected chi connectivity index (χ1v) is 7.58. The predicted molar refractivity (Wildman–Crippen MR) is 86.9 cm³/mol. The van der Waals surface area contributed by atoms with Crippen LogP contribution >= 0.6 is 0 Å². The van der Waals surface area contributed by atoms with E-state index < -0.39 is 17.7 Å². The molecule has 140 valence electrons. The molecule has 0 aliphatic rings. The molecule has 0 aliphatic carbocycles. The number of carbonyl (C=O) groups is 1. The Balaban J connectivity index is 2.24. The molecule has 0 fully saturated rings. The number of carboxylic acids is 1. The molecule has 0 radical (unpaired) electrons.